The first-order chi connectivity index (χ1) is 8.32. The van der Waals surface area contributed by atoms with Crippen LogP contribution in [0.1, 0.15) is 44.2 Å². The average Bonchev–Trinajstić information content (AvgIpc) is 2.67. The molecule has 0 bridgehead atoms. The number of amides is 1. The van der Waals surface area contributed by atoms with Crippen LogP contribution >= 0.6 is 0 Å². The van der Waals surface area contributed by atoms with Gasteiger partial charge in [0.25, 0.3) is 5.91 Å². The van der Waals surface area contributed by atoms with E-state index < -0.39 is 6.10 Å². The molecule has 0 radical (unpaired) electrons. The van der Waals surface area contributed by atoms with Crippen LogP contribution in [-0.2, 0) is 0 Å². The fraction of sp³-hybridized carbons (Fsp3) is 0.615. The van der Waals surface area contributed by atoms with Crippen LogP contribution in [0, 0.1) is 5.92 Å². The lowest BCUT2D eigenvalue weighted by Gasteiger charge is -2.16. The lowest BCUT2D eigenvalue weighted by atomic mass is 10.1. The van der Waals surface area contributed by atoms with Crippen LogP contribution in [0.25, 0.3) is 0 Å². The Morgan fingerprint density at radius 1 is 1.44 bits per heavy atom. The van der Waals surface area contributed by atoms with Gasteiger partial charge in [-0.1, -0.05) is 13.8 Å². The summed E-state index contributed by atoms with van der Waals surface area (Å²) < 4.78 is 1.83. The van der Waals surface area contributed by atoms with Gasteiger partial charge in [0, 0.05) is 18.8 Å². The highest BCUT2D eigenvalue weighted by atomic mass is 16.3. The van der Waals surface area contributed by atoms with Crippen LogP contribution in [0.3, 0.4) is 0 Å². The molecule has 1 unspecified atom stereocenters. The van der Waals surface area contributed by atoms with Crippen LogP contribution in [0.4, 0.5) is 5.69 Å². The maximum Gasteiger partial charge on any atom is 0.268 e. The van der Waals surface area contributed by atoms with Gasteiger partial charge >= 0.3 is 0 Å². The van der Waals surface area contributed by atoms with Gasteiger partial charge in [0.15, 0.2) is 0 Å². The van der Waals surface area contributed by atoms with Gasteiger partial charge in [-0.2, -0.15) is 0 Å². The lowest BCUT2D eigenvalue weighted by molar-refractivity contribution is 0.0862. The molecule has 4 N–H and O–H groups in total. The van der Waals surface area contributed by atoms with Crippen LogP contribution in [0.2, 0.25) is 0 Å². The second kappa shape index (κ2) is 5.91. The Morgan fingerprint density at radius 2 is 2.06 bits per heavy atom. The summed E-state index contributed by atoms with van der Waals surface area (Å²) in [6.07, 6.45) is 1.21. The van der Waals surface area contributed by atoms with E-state index >= 15 is 0 Å². The third kappa shape index (κ3) is 3.50. The molecule has 1 amide bonds. The van der Waals surface area contributed by atoms with Gasteiger partial charge < -0.3 is 20.7 Å². The van der Waals surface area contributed by atoms with Crippen LogP contribution in [0.5, 0.6) is 0 Å². The van der Waals surface area contributed by atoms with Gasteiger partial charge in [0.1, 0.15) is 5.69 Å². The summed E-state index contributed by atoms with van der Waals surface area (Å²) in [4.78, 5) is 12.0. The molecule has 0 aromatic carbocycles. The number of hydrogen-bond acceptors (Lipinski definition) is 3. The van der Waals surface area contributed by atoms with Gasteiger partial charge in [-0.3, -0.25) is 4.79 Å². The zero-order valence-electron chi connectivity index (χ0n) is 11.5. The molecule has 0 saturated carbocycles. The second-order valence-electron chi connectivity index (χ2n) is 5.18. The minimum absolute atomic E-state index is 0.118. The lowest BCUT2D eigenvalue weighted by Crippen LogP contribution is -2.35. The Bertz CT molecular complexity index is 410. The molecule has 0 saturated heterocycles. The molecule has 5 nitrogen and oxygen atoms in total. The Hall–Kier alpha value is -1.49. The smallest absolute Gasteiger partial charge is 0.268 e. The third-order valence-corrected chi connectivity index (χ3v) is 2.90. The van der Waals surface area contributed by atoms with Crippen molar-refractivity contribution in [2.75, 3.05) is 12.3 Å². The van der Waals surface area contributed by atoms with Crippen molar-refractivity contribution in [1.29, 1.82) is 0 Å². The molecule has 1 aromatic heterocycles. The van der Waals surface area contributed by atoms with Crippen molar-refractivity contribution < 1.29 is 9.90 Å². The molecule has 0 spiro atoms. The van der Waals surface area contributed by atoms with E-state index in [1.807, 2.05) is 32.3 Å². The number of hydrogen-bond donors (Lipinski definition) is 3. The predicted molar refractivity (Wildman–Crippen MR) is 72.4 cm³/mol. The van der Waals surface area contributed by atoms with Crippen molar-refractivity contribution in [2.24, 2.45) is 5.92 Å². The van der Waals surface area contributed by atoms with Gasteiger partial charge in [-0.05, 0) is 25.8 Å². The standard InChI is InChI=1S/C13H23N3O2/c1-8(2)12(17)6-15-13(18)11-5-10(14)7-16(11)9(3)4/h5,7-9,12,17H,6,14H2,1-4H3,(H,15,18). The molecule has 0 fully saturated rings. The number of nitrogen functional groups attached to an aromatic ring is 1. The summed E-state index contributed by atoms with van der Waals surface area (Å²) >= 11 is 0. The summed E-state index contributed by atoms with van der Waals surface area (Å²) in [5.74, 6) is -0.0904. The van der Waals surface area contributed by atoms with Crippen molar-refractivity contribution in [3.8, 4) is 0 Å². The third-order valence-electron chi connectivity index (χ3n) is 2.90. The number of carbonyl (C=O) groups excluding carboxylic acids is 1. The average molecular weight is 253 g/mol. The van der Waals surface area contributed by atoms with E-state index in [-0.39, 0.29) is 24.4 Å². The predicted octanol–water partition coefficient (Wildman–Crippen LogP) is 1.40. The van der Waals surface area contributed by atoms with E-state index in [4.69, 9.17) is 5.73 Å². The molecule has 102 valence electrons. The first kappa shape index (κ1) is 14.6. The van der Waals surface area contributed by atoms with E-state index in [0.717, 1.165) is 0 Å². The van der Waals surface area contributed by atoms with Crippen molar-refractivity contribution >= 4 is 11.6 Å². The summed E-state index contributed by atoms with van der Waals surface area (Å²) in [5.41, 5.74) is 6.80. The number of nitrogens with zero attached hydrogens (tertiary/aromatic N) is 1. The second-order valence-corrected chi connectivity index (χ2v) is 5.18. The topological polar surface area (TPSA) is 80.3 Å². The highest BCUT2D eigenvalue weighted by Gasteiger charge is 2.16. The number of rotatable bonds is 5. The van der Waals surface area contributed by atoms with Crippen molar-refractivity contribution in [1.82, 2.24) is 9.88 Å². The van der Waals surface area contributed by atoms with E-state index in [1.54, 1.807) is 12.3 Å². The van der Waals surface area contributed by atoms with Crippen molar-refractivity contribution in [2.45, 2.75) is 39.8 Å². The number of carbonyl (C=O) groups is 1. The van der Waals surface area contributed by atoms with Gasteiger partial charge in [-0.15, -0.1) is 0 Å². The summed E-state index contributed by atoms with van der Waals surface area (Å²) in [7, 11) is 0. The Balaban J connectivity index is 2.72. The Morgan fingerprint density at radius 3 is 2.56 bits per heavy atom. The minimum Gasteiger partial charge on any atom is -0.397 e. The van der Waals surface area contributed by atoms with Crippen LogP contribution in [0.15, 0.2) is 12.3 Å². The molecule has 1 atom stereocenters. The molecule has 1 heterocycles. The van der Waals surface area contributed by atoms with Crippen molar-refractivity contribution in [3.63, 3.8) is 0 Å². The molecular formula is C13H23N3O2. The zero-order chi connectivity index (χ0) is 13.9. The molecule has 1 aromatic rings. The van der Waals surface area contributed by atoms with Crippen LogP contribution < -0.4 is 11.1 Å². The van der Waals surface area contributed by atoms with Crippen LogP contribution in [-0.4, -0.2) is 28.2 Å². The monoisotopic (exact) mass is 253 g/mol. The van der Waals surface area contributed by atoms with Crippen molar-refractivity contribution in [3.05, 3.63) is 18.0 Å². The first-order valence-electron chi connectivity index (χ1n) is 6.26. The molecular weight excluding hydrogens is 230 g/mol. The number of aliphatic hydroxyl groups excluding tert-OH is 1. The number of anilines is 1. The minimum atomic E-state index is -0.534. The van der Waals surface area contributed by atoms with E-state index in [0.29, 0.717) is 11.4 Å². The van der Waals surface area contributed by atoms with E-state index in [2.05, 4.69) is 5.32 Å². The summed E-state index contributed by atoms with van der Waals surface area (Å²) in [6, 6.07) is 1.81. The number of nitrogens with one attached hydrogen (secondary N) is 1. The molecule has 0 aliphatic carbocycles. The summed E-state index contributed by atoms with van der Waals surface area (Å²) in [6.45, 7) is 8.04. The normalized spacial score (nSPS) is 13.1. The molecule has 5 heteroatoms. The number of nitrogens with two attached hydrogens (primary N) is 1. The first-order valence-corrected chi connectivity index (χ1v) is 6.26. The van der Waals surface area contributed by atoms with Gasteiger partial charge in [-0.25, -0.2) is 0 Å². The van der Waals surface area contributed by atoms with E-state index in [9.17, 15) is 9.90 Å². The largest absolute Gasteiger partial charge is 0.397 e. The van der Waals surface area contributed by atoms with E-state index in [1.165, 1.54) is 0 Å². The Kier molecular flexibility index (Phi) is 4.78. The molecule has 0 aliphatic rings. The maximum absolute atomic E-state index is 12.0. The quantitative estimate of drug-likeness (QED) is 0.742. The Labute approximate surface area is 108 Å². The fourth-order valence-electron chi connectivity index (χ4n) is 1.63. The highest BCUT2D eigenvalue weighted by Crippen LogP contribution is 2.16. The number of aliphatic hydroxyl groups is 1. The zero-order valence-corrected chi connectivity index (χ0v) is 11.5. The summed E-state index contributed by atoms with van der Waals surface area (Å²) in [5, 5.41) is 12.4. The number of aromatic nitrogens is 1. The maximum atomic E-state index is 12.0. The molecule has 0 aliphatic heterocycles. The fourth-order valence-corrected chi connectivity index (χ4v) is 1.63. The SMILES string of the molecule is CC(C)C(O)CNC(=O)c1cc(N)cn1C(C)C. The van der Waals surface area contributed by atoms with Gasteiger partial charge in [0.05, 0.1) is 11.8 Å². The van der Waals surface area contributed by atoms with Gasteiger partial charge in [0.2, 0.25) is 0 Å². The molecule has 18 heavy (non-hydrogen) atoms. The highest BCUT2D eigenvalue weighted by molar-refractivity contribution is 5.93. The molecule has 1 rings (SSSR count).